The molecule has 1 fully saturated rings. The Morgan fingerprint density at radius 2 is 2.18 bits per heavy atom. The van der Waals surface area contributed by atoms with Crippen molar-refractivity contribution in [1.29, 1.82) is 0 Å². The summed E-state index contributed by atoms with van der Waals surface area (Å²) in [6.45, 7) is 3.89. The van der Waals surface area contributed by atoms with Gasteiger partial charge in [-0.05, 0) is 50.3 Å². The van der Waals surface area contributed by atoms with E-state index in [1.807, 2.05) is 6.07 Å². The zero-order valence-corrected chi connectivity index (χ0v) is 10.4. The van der Waals surface area contributed by atoms with Crippen LogP contribution in [0.2, 0.25) is 0 Å². The molecular weight excluding hydrogens is 214 g/mol. The van der Waals surface area contributed by atoms with Crippen molar-refractivity contribution in [3.63, 3.8) is 0 Å². The first-order valence-corrected chi connectivity index (χ1v) is 6.29. The fourth-order valence-electron chi connectivity index (χ4n) is 1.80. The van der Waals surface area contributed by atoms with Crippen LogP contribution in [0.4, 0.5) is 0 Å². The Morgan fingerprint density at radius 1 is 1.35 bits per heavy atom. The Kier molecular flexibility index (Phi) is 4.40. The van der Waals surface area contributed by atoms with Gasteiger partial charge in [-0.3, -0.25) is 0 Å². The number of hydrogen-bond donors (Lipinski definition) is 1. The van der Waals surface area contributed by atoms with Crippen molar-refractivity contribution in [2.75, 3.05) is 19.9 Å². The van der Waals surface area contributed by atoms with Crippen LogP contribution in [-0.2, 0) is 11.2 Å². The van der Waals surface area contributed by atoms with Gasteiger partial charge in [0.15, 0.2) is 6.79 Å². The van der Waals surface area contributed by atoms with Gasteiger partial charge in [-0.2, -0.15) is 0 Å². The van der Waals surface area contributed by atoms with Crippen molar-refractivity contribution in [1.82, 2.24) is 0 Å². The number of hydrogen-bond acceptors (Lipinski definition) is 3. The molecule has 1 aromatic carbocycles. The summed E-state index contributed by atoms with van der Waals surface area (Å²) in [6.07, 6.45) is 3.46. The monoisotopic (exact) mass is 235 g/mol. The normalized spacial score (nSPS) is 14.9. The molecule has 2 rings (SSSR count). The van der Waals surface area contributed by atoms with E-state index in [0.29, 0.717) is 13.3 Å². The second kappa shape index (κ2) is 6.03. The molecule has 1 saturated carbocycles. The molecule has 3 heteroatoms. The van der Waals surface area contributed by atoms with E-state index in [4.69, 9.17) is 15.2 Å². The average Bonchev–Trinajstić information content (AvgIpc) is 3.11. The van der Waals surface area contributed by atoms with Crippen molar-refractivity contribution >= 4 is 0 Å². The number of benzene rings is 1. The third kappa shape index (κ3) is 4.02. The van der Waals surface area contributed by atoms with Crippen LogP contribution in [0, 0.1) is 12.8 Å². The van der Waals surface area contributed by atoms with Gasteiger partial charge in [-0.25, -0.2) is 0 Å². The predicted molar refractivity (Wildman–Crippen MR) is 68.1 cm³/mol. The number of aryl methyl sites for hydroxylation is 1. The summed E-state index contributed by atoms with van der Waals surface area (Å²) in [7, 11) is 0. The molecule has 1 aliphatic carbocycles. The molecule has 0 bridgehead atoms. The smallest absolute Gasteiger partial charge is 0.189 e. The fraction of sp³-hybridized carbons (Fsp3) is 0.571. The number of ether oxygens (including phenoxy) is 2. The highest BCUT2D eigenvalue weighted by molar-refractivity contribution is 5.37. The molecule has 17 heavy (non-hydrogen) atoms. The maximum Gasteiger partial charge on any atom is 0.189 e. The largest absolute Gasteiger partial charge is 0.467 e. The van der Waals surface area contributed by atoms with Crippen LogP contribution in [0.15, 0.2) is 18.2 Å². The quantitative estimate of drug-likeness (QED) is 0.582. The summed E-state index contributed by atoms with van der Waals surface area (Å²) >= 11 is 0. The minimum absolute atomic E-state index is 0.344. The highest BCUT2D eigenvalue weighted by atomic mass is 16.7. The number of nitrogens with two attached hydrogens (primary N) is 1. The standard InChI is InChI=1S/C14H21NO2/c1-11-2-5-14(13(8-11)6-7-15)17-10-16-9-12-3-4-12/h2,5,8,12H,3-4,6-7,9-10,15H2,1H3. The first-order chi connectivity index (χ1) is 8.29. The lowest BCUT2D eigenvalue weighted by Crippen LogP contribution is -2.09. The van der Waals surface area contributed by atoms with E-state index in [2.05, 4.69) is 19.1 Å². The average molecular weight is 235 g/mol. The molecule has 94 valence electrons. The highest BCUT2D eigenvalue weighted by Crippen LogP contribution is 2.28. The number of rotatable bonds is 7. The second-order valence-corrected chi connectivity index (χ2v) is 4.73. The zero-order chi connectivity index (χ0) is 12.1. The van der Waals surface area contributed by atoms with Crippen molar-refractivity contribution < 1.29 is 9.47 Å². The summed E-state index contributed by atoms with van der Waals surface area (Å²) in [6, 6.07) is 6.18. The molecule has 0 radical (unpaired) electrons. The Balaban J connectivity index is 1.84. The van der Waals surface area contributed by atoms with Gasteiger partial charge in [0.2, 0.25) is 0 Å². The lowest BCUT2D eigenvalue weighted by atomic mass is 10.1. The molecule has 2 N–H and O–H groups in total. The molecule has 0 aromatic heterocycles. The van der Waals surface area contributed by atoms with Crippen molar-refractivity contribution in [2.45, 2.75) is 26.2 Å². The Bertz CT molecular complexity index is 361. The SMILES string of the molecule is Cc1ccc(OCOCC2CC2)c(CCN)c1. The molecule has 0 heterocycles. The van der Waals surface area contributed by atoms with E-state index in [-0.39, 0.29) is 0 Å². The summed E-state index contributed by atoms with van der Waals surface area (Å²) < 4.78 is 11.1. The van der Waals surface area contributed by atoms with Gasteiger partial charge < -0.3 is 15.2 Å². The molecule has 1 aromatic rings. The highest BCUT2D eigenvalue weighted by Gasteiger charge is 2.21. The Morgan fingerprint density at radius 3 is 2.88 bits per heavy atom. The van der Waals surface area contributed by atoms with Gasteiger partial charge in [-0.15, -0.1) is 0 Å². The lowest BCUT2D eigenvalue weighted by molar-refractivity contribution is 0.00947. The van der Waals surface area contributed by atoms with E-state index in [0.717, 1.165) is 24.7 Å². The van der Waals surface area contributed by atoms with Gasteiger partial charge >= 0.3 is 0 Å². The van der Waals surface area contributed by atoms with E-state index < -0.39 is 0 Å². The van der Waals surface area contributed by atoms with Crippen LogP contribution in [0.3, 0.4) is 0 Å². The summed E-state index contributed by atoms with van der Waals surface area (Å²) in [5.41, 5.74) is 8.00. The van der Waals surface area contributed by atoms with Crippen LogP contribution in [0.25, 0.3) is 0 Å². The van der Waals surface area contributed by atoms with Crippen LogP contribution in [0.1, 0.15) is 24.0 Å². The van der Waals surface area contributed by atoms with E-state index >= 15 is 0 Å². The molecule has 0 spiro atoms. The summed E-state index contributed by atoms with van der Waals surface area (Å²) in [5.74, 6) is 1.68. The van der Waals surface area contributed by atoms with Crippen LogP contribution < -0.4 is 10.5 Å². The third-order valence-corrected chi connectivity index (χ3v) is 2.98. The van der Waals surface area contributed by atoms with Crippen molar-refractivity contribution in [3.8, 4) is 5.75 Å². The molecule has 3 nitrogen and oxygen atoms in total. The summed E-state index contributed by atoms with van der Waals surface area (Å²) in [5, 5.41) is 0. The van der Waals surface area contributed by atoms with Crippen molar-refractivity contribution in [3.05, 3.63) is 29.3 Å². The Labute approximate surface area is 103 Å². The van der Waals surface area contributed by atoms with Gasteiger partial charge in [0.1, 0.15) is 5.75 Å². The molecule has 0 unspecified atom stereocenters. The minimum Gasteiger partial charge on any atom is -0.467 e. The molecular formula is C14H21NO2. The van der Waals surface area contributed by atoms with Gasteiger partial charge in [0.05, 0.1) is 6.61 Å². The van der Waals surface area contributed by atoms with E-state index in [1.54, 1.807) is 0 Å². The van der Waals surface area contributed by atoms with E-state index in [1.165, 1.54) is 24.0 Å². The van der Waals surface area contributed by atoms with Crippen LogP contribution in [0.5, 0.6) is 5.75 Å². The molecule has 0 saturated heterocycles. The van der Waals surface area contributed by atoms with Gasteiger partial charge in [-0.1, -0.05) is 17.7 Å². The maximum atomic E-state index is 5.65. The first kappa shape index (κ1) is 12.4. The van der Waals surface area contributed by atoms with Crippen LogP contribution >= 0.6 is 0 Å². The van der Waals surface area contributed by atoms with Crippen molar-refractivity contribution in [2.24, 2.45) is 11.7 Å². The lowest BCUT2D eigenvalue weighted by Gasteiger charge is -2.12. The maximum absolute atomic E-state index is 5.65. The molecule has 0 amide bonds. The molecule has 0 atom stereocenters. The Hall–Kier alpha value is -1.06. The summed E-state index contributed by atoms with van der Waals surface area (Å²) in [4.78, 5) is 0. The second-order valence-electron chi connectivity index (χ2n) is 4.73. The van der Waals surface area contributed by atoms with Crippen LogP contribution in [-0.4, -0.2) is 19.9 Å². The predicted octanol–water partition coefficient (Wildman–Crippen LogP) is 2.26. The first-order valence-electron chi connectivity index (χ1n) is 6.29. The third-order valence-electron chi connectivity index (χ3n) is 2.98. The van der Waals surface area contributed by atoms with E-state index in [9.17, 15) is 0 Å². The zero-order valence-electron chi connectivity index (χ0n) is 10.4. The van der Waals surface area contributed by atoms with Gasteiger partial charge in [0.25, 0.3) is 0 Å². The van der Waals surface area contributed by atoms with Gasteiger partial charge in [0, 0.05) is 0 Å². The minimum atomic E-state index is 0.344. The fourth-order valence-corrected chi connectivity index (χ4v) is 1.80. The molecule has 1 aliphatic rings. The molecule has 0 aliphatic heterocycles. The topological polar surface area (TPSA) is 44.5 Å².